The van der Waals surface area contributed by atoms with Crippen molar-refractivity contribution < 1.29 is 0 Å². The molecule has 0 amide bonds. The number of nitrogens with zero attached hydrogens (tertiary/aromatic N) is 3. The third-order valence-electron chi connectivity index (χ3n) is 4.11. The molecule has 0 spiro atoms. The first kappa shape index (κ1) is 16.3. The van der Waals surface area contributed by atoms with Crippen LogP contribution >= 0.6 is 11.3 Å². The maximum Gasteiger partial charge on any atom is 0.146 e. The van der Waals surface area contributed by atoms with Crippen LogP contribution in [0, 0.1) is 0 Å². The molecule has 0 aliphatic heterocycles. The van der Waals surface area contributed by atoms with E-state index in [9.17, 15) is 0 Å². The summed E-state index contributed by atoms with van der Waals surface area (Å²) in [5, 5.41) is 0. The zero-order chi connectivity index (χ0) is 14.9. The van der Waals surface area contributed by atoms with E-state index < -0.39 is 0 Å². The van der Waals surface area contributed by atoms with Gasteiger partial charge in [0.2, 0.25) is 0 Å². The third kappa shape index (κ3) is 4.73. The van der Waals surface area contributed by atoms with Gasteiger partial charge in [-0.25, -0.2) is 15.0 Å². The molecule has 0 aliphatic carbocycles. The molecule has 21 heavy (non-hydrogen) atoms. The summed E-state index contributed by atoms with van der Waals surface area (Å²) >= 11 is 1.62. The Morgan fingerprint density at radius 1 is 0.905 bits per heavy atom. The molecule has 3 nitrogen and oxygen atoms in total. The number of hydrogen-bond donors (Lipinski definition) is 0. The molecule has 0 bridgehead atoms. The van der Waals surface area contributed by atoms with Crippen LogP contribution in [0.1, 0.15) is 83.2 Å². The molecule has 0 aromatic carbocycles. The second-order valence-electron chi connectivity index (χ2n) is 5.81. The molecule has 2 heterocycles. The van der Waals surface area contributed by atoms with E-state index in [0.717, 1.165) is 10.3 Å². The number of hydrogen-bond acceptors (Lipinski definition) is 4. The Kier molecular flexibility index (Phi) is 7.07. The first-order valence-electron chi connectivity index (χ1n) is 8.40. The zero-order valence-corrected chi connectivity index (χ0v) is 14.2. The lowest BCUT2D eigenvalue weighted by Crippen LogP contribution is -2.04. The van der Waals surface area contributed by atoms with Gasteiger partial charge in [-0.3, -0.25) is 0 Å². The molecule has 0 saturated carbocycles. The highest BCUT2D eigenvalue weighted by atomic mass is 32.1. The average molecular weight is 305 g/mol. The van der Waals surface area contributed by atoms with Crippen molar-refractivity contribution in [1.29, 1.82) is 0 Å². The van der Waals surface area contributed by atoms with E-state index in [-0.39, 0.29) is 0 Å². The highest BCUT2D eigenvalue weighted by Crippen LogP contribution is 2.31. The summed E-state index contributed by atoms with van der Waals surface area (Å²) in [7, 11) is 0. The average Bonchev–Trinajstić information content (AvgIpc) is 2.98. The summed E-state index contributed by atoms with van der Waals surface area (Å²) in [4.78, 5) is 14.5. The molecule has 0 radical (unpaired) electrons. The van der Waals surface area contributed by atoms with Crippen molar-refractivity contribution in [1.82, 2.24) is 15.0 Å². The Hall–Kier alpha value is -1.03. The summed E-state index contributed by atoms with van der Waals surface area (Å²) in [6, 6.07) is 0. The van der Waals surface area contributed by atoms with E-state index in [4.69, 9.17) is 0 Å². The molecule has 1 atom stereocenters. The van der Waals surface area contributed by atoms with E-state index in [1.807, 2.05) is 5.51 Å². The van der Waals surface area contributed by atoms with E-state index in [1.165, 1.54) is 63.5 Å². The van der Waals surface area contributed by atoms with Gasteiger partial charge in [0.15, 0.2) is 0 Å². The molecule has 0 aliphatic rings. The first-order valence-corrected chi connectivity index (χ1v) is 9.28. The van der Waals surface area contributed by atoms with Crippen molar-refractivity contribution in [3.8, 4) is 0 Å². The van der Waals surface area contributed by atoms with Crippen molar-refractivity contribution in [2.45, 2.75) is 77.6 Å². The van der Waals surface area contributed by atoms with Gasteiger partial charge >= 0.3 is 0 Å². The van der Waals surface area contributed by atoms with Gasteiger partial charge in [0.25, 0.3) is 0 Å². The lowest BCUT2D eigenvalue weighted by Gasteiger charge is -2.16. The summed E-state index contributed by atoms with van der Waals surface area (Å²) in [5.41, 5.74) is 4.12. The molecular formula is C17H27N3S. The second kappa shape index (κ2) is 9.08. The van der Waals surface area contributed by atoms with Crippen molar-refractivity contribution >= 4 is 21.7 Å². The van der Waals surface area contributed by atoms with Gasteiger partial charge in [0.1, 0.15) is 16.7 Å². The number of thiazole rings is 1. The van der Waals surface area contributed by atoms with Crippen LogP contribution in [-0.4, -0.2) is 15.0 Å². The van der Waals surface area contributed by atoms with Gasteiger partial charge in [0, 0.05) is 5.92 Å². The fourth-order valence-electron chi connectivity index (χ4n) is 2.89. The highest BCUT2D eigenvalue weighted by Gasteiger charge is 2.17. The van der Waals surface area contributed by atoms with E-state index >= 15 is 0 Å². The molecule has 0 saturated heterocycles. The minimum absolute atomic E-state index is 0.556. The quantitative estimate of drug-likeness (QED) is 0.527. The molecule has 0 fully saturated rings. The minimum atomic E-state index is 0.556. The van der Waals surface area contributed by atoms with Crippen molar-refractivity contribution in [3.05, 3.63) is 17.5 Å². The topological polar surface area (TPSA) is 38.7 Å². The Labute approximate surface area is 132 Å². The molecule has 0 N–H and O–H groups in total. The number of unbranched alkanes of at least 4 members (excludes halogenated alkanes) is 5. The van der Waals surface area contributed by atoms with E-state index in [0.29, 0.717) is 5.92 Å². The molecule has 2 aromatic heterocycles. The van der Waals surface area contributed by atoms with Crippen LogP contribution in [0.3, 0.4) is 0 Å². The van der Waals surface area contributed by atoms with Gasteiger partial charge in [-0.05, 0) is 12.8 Å². The van der Waals surface area contributed by atoms with E-state index in [2.05, 4.69) is 28.8 Å². The fourth-order valence-corrected chi connectivity index (χ4v) is 3.52. The molecule has 4 heteroatoms. The van der Waals surface area contributed by atoms with Crippen LogP contribution in [-0.2, 0) is 0 Å². The van der Waals surface area contributed by atoms with Gasteiger partial charge in [-0.2, -0.15) is 0 Å². The third-order valence-corrected chi connectivity index (χ3v) is 4.84. The van der Waals surface area contributed by atoms with Crippen LogP contribution in [0.15, 0.2) is 11.8 Å². The SMILES string of the molecule is CCCCCCC(CCCCC)c1ncnc2scnc12. The fraction of sp³-hybridized carbons (Fsp3) is 0.706. The maximum atomic E-state index is 4.59. The lowest BCUT2D eigenvalue weighted by atomic mass is 9.91. The predicted octanol–water partition coefficient (Wildman–Crippen LogP) is 5.72. The largest absolute Gasteiger partial charge is 0.241 e. The van der Waals surface area contributed by atoms with Crippen LogP contribution in [0.5, 0.6) is 0 Å². The second-order valence-corrected chi connectivity index (χ2v) is 6.64. The van der Waals surface area contributed by atoms with Crippen molar-refractivity contribution in [2.24, 2.45) is 0 Å². The molecule has 1 unspecified atom stereocenters. The number of rotatable bonds is 10. The Morgan fingerprint density at radius 3 is 2.38 bits per heavy atom. The first-order chi connectivity index (χ1) is 10.4. The predicted molar refractivity (Wildman–Crippen MR) is 90.9 cm³/mol. The minimum Gasteiger partial charge on any atom is -0.241 e. The van der Waals surface area contributed by atoms with Crippen LogP contribution < -0.4 is 0 Å². The molecular weight excluding hydrogens is 278 g/mol. The van der Waals surface area contributed by atoms with Crippen LogP contribution in [0.2, 0.25) is 0 Å². The Balaban J connectivity index is 2.07. The summed E-state index contributed by atoms with van der Waals surface area (Å²) in [6.07, 6.45) is 13.4. The molecule has 116 valence electrons. The summed E-state index contributed by atoms with van der Waals surface area (Å²) in [5.74, 6) is 0.556. The summed E-state index contributed by atoms with van der Waals surface area (Å²) in [6.45, 7) is 4.53. The van der Waals surface area contributed by atoms with Gasteiger partial charge in [-0.1, -0.05) is 58.8 Å². The normalized spacial score (nSPS) is 12.9. The Morgan fingerprint density at radius 2 is 1.62 bits per heavy atom. The molecule has 2 rings (SSSR count). The van der Waals surface area contributed by atoms with Gasteiger partial charge < -0.3 is 0 Å². The zero-order valence-electron chi connectivity index (χ0n) is 13.3. The Bertz CT molecular complexity index is 523. The van der Waals surface area contributed by atoms with Gasteiger partial charge in [0.05, 0.1) is 11.2 Å². The number of fused-ring (bicyclic) bond motifs is 1. The van der Waals surface area contributed by atoms with Crippen molar-refractivity contribution in [2.75, 3.05) is 0 Å². The highest BCUT2D eigenvalue weighted by molar-refractivity contribution is 7.16. The van der Waals surface area contributed by atoms with E-state index in [1.54, 1.807) is 17.7 Å². The standard InChI is InChI=1S/C17H27N3S/c1-3-5-7-9-11-14(10-8-6-4-2)15-16-17(19-12-18-15)21-13-20-16/h12-14H,3-11H2,1-2H3. The molecule has 2 aromatic rings. The van der Waals surface area contributed by atoms with Crippen LogP contribution in [0.25, 0.3) is 10.3 Å². The van der Waals surface area contributed by atoms with Gasteiger partial charge in [-0.15, -0.1) is 11.3 Å². The summed E-state index contributed by atoms with van der Waals surface area (Å²) < 4.78 is 0. The lowest BCUT2D eigenvalue weighted by molar-refractivity contribution is 0.495. The maximum absolute atomic E-state index is 4.59. The van der Waals surface area contributed by atoms with Crippen molar-refractivity contribution in [3.63, 3.8) is 0 Å². The van der Waals surface area contributed by atoms with Crippen LogP contribution in [0.4, 0.5) is 0 Å². The smallest absolute Gasteiger partial charge is 0.146 e. The monoisotopic (exact) mass is 305 g/mol. The number of aromatic nitrogens is 3.